The number of carbonyl (C=O) groups is 2. The molecule has 1 N–H and O–H groups in total. The van der Waals surface area contributed by atoms with E-state index in [9.17, 15) is 9.59 Å². The van der Waals surface area contributed by atoms with E-state index < -0.39 is 5.92 Å². The molecular formula is C26H32N2O5. The molecule has 2 atom stereocenters. The van der Waals surface area contributed by atoms with Crippen molar-refractivity contribution in [2.24, 2.45) is 5.92 Å². The molecule has 7 heteroatoms. The highest BCUT2D eigenvalue weighted by atomic mass is 16.5. The number of aryl methyl sites for hydroxylation is 2. The normalized spacial score (nSPS) is 18.5. The van der Waals surface area contributed by atoms with E-state index in [1.165, 1.54) is 45.3 Å². The van der Waals surface area contributed by atoms with Gasteiger partial charge in [0.1, 0.15) is 0 Å². The average molecular weight is 453 g/mol. The highest BCUT2D eigenvalue weighted by Crippen LogP contribution is 2.42. The Morgan fingerprint density at radius 2 is 1.67 bits per heavy atom. The second kappa shape index (κ2) is 9.73. The molecule has 2 unspecified atom stereocenters. The SMILES string of the molecule is COc1cc(N2CC(C(=O)NC(C)c3ccc4c(c3)CCCC4)CC2=O)cc(OC)c1OC. The van der Waals surface area contributed by atoms with Gasteiger partial charge in [-0.25, -0.2) is 0 Å². The molecule has 4 rings (SSSR count). The number of amides is 2. The van der Waals surface area contributed by atoms with Crippen molar-refractivity contribution in [3.63, 3.8) is 0 Å². The Labute approximate surface area is 195 Å². The summed E-state index contributed by atoms with van der Waals surface area (Å²) in [5.74, 6) is 0.761. The third-order valence-electron chi connectivity index (χ3n) is 6.69. The smallest absolute Gasteiger partial charge is 0.227 e. The van der Waals surface area contributed by atoms with Gasteiger partial charge < -0.3 is 24.4 Å². The van der Waals surface area contributed by atoms with Gasteiger partial charge in [-0.15, -0.1) is 0 Å². The van der Waals surface area contributed by atoms with Crippen molar-refractivity contribution in [1.82, 2.24) is 5.32 Å². The van der Waals surface area contributed by atoms with E-state index in [1.54, 1.807) is 17.0 Å². The lowest BCUT2D eigenvalue weighted by Crippen LogP contribution is -2.34. The third-order valence-corrected chi connectivity index (χ3v) is 6.69. The van der Waals surface area contributed by atoms with E-state index in [2.05, 4.69) is 23.5 Å². The number of ether oxygens (including phenoxy) is 3. The Kier molecular flexibility index (Phi) is 6.77. The van der Waals surface area contributed by atoms with Crippen LogP contribution in [0.2, 0.25) is 0 Å². The molecule has 2 aliphatic rings. The van der Waals surface area contributed by atoms with Crippen LogP contribution in [0.5, 0.6) is 17.2 Å². The molecular weight excluding hydrogens is 420 g/mol. The fraction of sp³-hybridized carbons (Fsp3) is 0.462. The predicted molar refractivity (Wildman–Crippen MR) is 126 cm³/mol. The number of nitrogens with one attached hydrogen (secondary N) is 1. The second-order valence-corrected chi connectivity index (χ2v) is 8.75. The molecule has 33 heavy (non-hydrogen) atoms. The molecule has 0 bridgehead atoms. The van der Waals surface area contributed by atoms with Gasteiger partial charge in [-0.2, -0.15) is 0 Å². The zero-order valence-electron chi connectivity index (χ0n) is 19.8. The van der Waals surface area contributed by atoms with E-state index in [-0.39, 0.29) is 24.3 Å². The summed E-state index contributed by atoms with van der Waals surface area (Å²) in [5, 5.41) is 3.11. The minimum absolute atomic E-state index is 0.106. The van der Waals surface area contributed by atoms with Crippen LogP contribution in [0.3, 0.4) is 0 Å². The van der Waals surface area contributed by atoms with Crippen molar-refractivity contribution in [3.05, 3.63) is 47.0 Å². The molecule has 1 aliphatic heterocycles. The third kappa shape index (κ3) is 4.63. The molecule has 2 aromatic rings. The van der Waals surface area contributed by atoms with E-state index in [1.807, 2.05) is 6.92 Å². The molecule has 176 valence electrons. The Morgan fingerprint density at radius 3 is 2.30 bits per heavy atom. The number of carbonyl (C=O) groups excluding carboxylic acids is 2. The van der Waals surface area contributed by atoms with Gasteiger partial charge in [0.25, 0.3) is 0 Å². The lowest BCUT2D eigenvalue weighted by Gasteiger charge is -2.22. The monoisotopic (exact) mass is 452 g/mol. The molecule has 1 aliphatic carbocycles. The van der Waals surface area contributed by atoms with Crippen molar-refractivity contribution < 1.29 is 23.8 Å². The summed E-state index contributed by atoms with van der Waals surface area (Å²) in [4.78, 5) is 27.4. The number of benzene rings is 2. The minimum Gasteiger partial charge on any atom is -0.493 e. The standard InChI is InChI=1S/C26H32N2O5/c1-16(18-10-9-17-7-5-6-8-19(17)11-18)27-26(30)20-12-24(29)28(15-20)21-13-22(31-2)25(33-4)23(14-21)32-3/h9-11,13-14,16,20H,5-8,12,15H2,1-4H3,(H,27,30). The molecule has 0 saturated carbocycles. The van der Waals surface area contributed by atoms with E-state index in [0.29, 0.717) is 29.5 Å². The molecule has 1 fully saturated rings. The summed E-state index contributed by atoms with van der Waals surface area (Å²) >= 11 is 0. The summed E-state index contributed by atoms with van der Waals surface area (Å²) in [5.41, 5.74) is 4.54. The molecule has 0 aromatic heterocycles. The number of hydrogen-bond acceptors (Lipinski definition) is 5. The number of rotatable bonds is 7. The van der Waals surface area contributed by atoms with Crippen molar-refractivity contribution in [3.8, 4) is 17.2 Å². The Morgan fingerprint density at radius 1 is 1.00 bits per heavy atom. The van der Waals surface area contributed by atoms with Gasteiger partial charge in [0, 0.05) is 25.1 Å². The average Bonchev–Trinajstić information content (AvgIpc) is 3.24. The van der Waals surface area contributed by atoms with Crippen molar-refractivity contribution >= 4 is 17.5 Å². The molecule has 2 aromatic carbocycles. The first-order chi connectivity index (χ1) is 15.9. The van der Waals surface area contributed by atoms with Gasteiger partial charge in [0.05, 0.1) is 39.0 Å². The van der Waals surface area contributed by atoms with Gasteiger partial charge in [-0.05, 0) is 49.3 Å². The maximum atomic E-state index is 13.0. The molecule has 1 saturated heterocycles. The van der Waals surface area contributed by atoms with Crippen LogP contribution in [0.15, 0.2) is 30.3 Å². The van der Waals surface area contributed by atoms with E-state index in [4.69, 9.17) is 14.2 Å². The Balaban J connectivity index is 1.46. The number of nitrogens with zero attached hydrogens (tertiary/aromatic N) is 1. The first-order valence-corrected chi connectivity index (χ1v) is 11.5. The number of methoxy groups -OCH3 is 3. The Hall–Kier alpha value is -3.22. The van der Waals surface area contributed by atoms with Crippen LogP contribution >= 0.6 is 0 Å². The fourth-order valence-corrected chi connectivity index (χ4v) is 4.79. The van der Waals surface area contributed by atoms with Gasteiger partial charge in [-0.1, -0.05) is 18.2 Å². The predicted octanol–water partition coefficient (Wildman–Crippen LogP) is 3.82. The highest BCUT2D eigenvalue weighted by molar-refractivity contribution is 6.00. The summed E-state index contributed by atoms with van der Waals surface area (Å²) < 4.78 is 16.2. The van der Waals surface area contributed by atoms with Crippen LogP contribution in [-0.2, 0) is 22.4 Å². The minimum atomic E-state index is -0.420. The van der Waals surface area contributed by atoms with Crippen LogP contribution < -0.4 is 24.4 Å². The fourth-order valence-electron chi connectivity index (χ4n) is 4.79. The lowest BCUT2D eigenvalue weighted by atomic mass is 9.89. The maximum Gasteiger partial charge on any atom is 0.227 e. The zero-order valence-corrected chi connectivity index (χ0v) is 19.8. The van der Waals surface area contributed by atoms with E-state index in [0.717, 1.165) is 18.4 Å². The van der Waals surface area contributed by atoms with Crippen molar-refractivity contribution in [2.45, 2.75) is 45.1 Å². The van der Waals surface area contributed by atoms with Gasteiger partial charge in [-0.3, -0.25) is 9.59 Å². The molecule has 0 radical (unpaired) electrons. The summed E-state index contributed by atoms with van der Waals surface area (Å²) in [6, 6.07) is 9.87. The zero-order chi connectivity index (χ0) is 23.5. The van der Waals surface area contributed by atoms with Crippen LogP contribution in [0.1, 0.15) is 48.9 Å². The van der Waals surface area contributed by atoms with Crippen molar-refractivity contribution in [2.75, 3.05) is 32.8 Å². The van der Waals surface area contributed by atoms with Crippen LogP contribution in [0, 0.1) is 5.92 Å². The van der Waals surface area contributed by atoms with Crippen LogP contribution in [0.4, 0.5) is 5.69 Å². The maximum absolute atomic E-state index is 13.0. The summed E-state index contributed by atoms with van der Waals surface area (Å²) in [6.45, 7) is 2.30. The topological polar surface area (TPSA) is 77.1 Å². The first kappa shape index (κ1) is 23.0. The summed E-state index contributed by atoms with van der Waals surface area (Å²) in [6.07, 6.45) is 4.87. The van der Waals surface area contributed by atoms with E-state index >= 15 is 0 Å². The quantitative estimate of drug-likeness (QED) is 0.691. The van der Waals surface area contributed by atoms with Gasteiger partial charge in [0.15, 0.2) is 11.5 Å². The second-order valence-electron chi connectivity index (χ2n) is 8.75. The van der Waals surface area contributed by atoms with Crippen LogP contribution in [-0.4, -0.2) is 39.7 Å². The molecule has 7 nitrogen and oxygen atoms in total. The van der Waals surface area contributed by atoms with Gasteiger partial charge in [0.2, 0.25) is 17.6 Å². The lowest BCUT2D eigenvalue weighted by molar-refractivity contribution is -0.126. The number of hydrogen-bond donors (Lipinski definition) is 1. The molecule has 2 amide bonds. The van der Waals surface area contributed by atoms with Gasteiger partial charge >= 0.3 is 0 Å². The first-order valence-electron chi connectivity index (χ1n) is 11.5. The van der Waals surface area contributed by atoms with Crippen LogP contribution in [0.25, 0.3) is 0 Å². The number of anilines is 1. The van der Waals surface area contributed by atoms with Crippen molar-refractivity contribution in [1.29, 1.82) is 0 Å². The molecule has 0 spiro atoms. The number of fused-ring (bicyclic) bond motifs is 1. The summed E-state index contributed by atoms with van der Waals surface area (Å²) in [7, 11) is 4.60. The highest BCUT2D eigenvalue weighted by Gasteiger charge is 2.36. The largest absolute Gasteiger partial charge is 0.493 e. The Bertz CT molecular complexity index is 1030. The molecule has 1 heterocycles.